The van der Waals surface area contributed by atoms with Crippen LogP contribution in [-0.4, -0.2) is 28.8 Å². The Balaban J connectivity index is 2.64. The van der Waals surface area contributed by atoms with Gasteiger partial charge in [-0.2, -0.15) is 0 Å². The van der Waals surface area contributed by atoms with Crippen LogP contribution >= 0.6 is 50.9 Å². The van der Waals surface area contributed by atoms with Gasteiger partial charge in [0.25, 0.3) is 0 Å². The van der Waals surface area contributed by atoms with Gasteiger partial charge >= 0.3 is 13.6 Å². The van der Waals surface area contributed by atoms with E-state index in [1.807, 2.05) is 0 Å². The minimum atomic E-state index is -4.16. The van der Waals surface area contributed by atoms with Gasteiger partial charge in [-0.1, -0.05) is 4.67 Å². The van der Waals surface area contributed by atoms with E-state index in [4.69, 9.17) is 31.4 Å². The molecule has 7 nitrogen and oxygen atoms in total. The van der Waals surface area contributed by atoms with Crippen molar-refractivity contribution >= 4 is 56.9 Å². The van der Waals surface area contributed by atoms with E-state index in [1.165, 1.54) is 6.07 Å². The Morgan fingerprint density at radius 1 is 1.38 bits per heavy atom. The fraction of sp³-hybridized carbons (Fsp3) is 0.222. The first-order chi connectivity index (χ1) is 9.88. The molecule has 0 aromatic heterocycles. The smallest absolute Gasteiger partial charge is 0.379 e. The molecule has 118 valence electrons. The van der Waals surface area contributed by atoms with Crippen molar-refractivity contribution in [3.05, 3.63) is 18.2 Å². The second kappa shape index (κ2) is 9.12. The van der Waals surface area contributed by atoms with E-state index in [9.17, 15) is 14.3 Å². The summed E-state index contributed by atoms with van der Waals surface area (Å²) >= 11 is 0. The average Bonchev–Trinajstić information content (AvgIpc) is 2.44. The quantitative estimate of drug-likeness (QED) is 0.331. The number of nitrogens with one attached hydrogen (secondary N) is 1. The third kappa shape index (κ3) is 7.12. The molecule has 0 heterocycles. The number of rotatable bonds is 9. The molecule has 0 bridgehead atoms. The van der Waals surface area contributed by atoms with Crippen LogP contribution in [0, 0.1) is 0 Å². The molecule has 1 unspecified atom stereocenters. The molecule has 1 rings (SSSR count). The Labute approximate surface area is 137 Å². The van der Waals surface area contributed by atoms with Gasteiger partial charge in [0, 0.05) is 11.0 Å². The number of carboxylic acids is 1. The van der Waals surface area contributed by atoms with Gasteiger partial charge in [-0.15, -0.1) is 0 Å². The van der Waals surface area contributed by atoms with E-state index < -0.39 is 26.4 Å². The molecule has 0 aliphatic heterocycles. The van der Waals surface area contributed by atoms with E-state index in [-0.39, 0.29) is 5.75 Å². The molecule has 0 saturated heterocycles. The standard InChI is InChI=1S/C9H10Cl2NO6PS2/c10-20-6-1-2-8(21-11)7(3-6)17-18-19(15,16)5-12-4-9(13)14/h1-3,12H,4-5H2,(H,13,14)(H,15,16). The third-order valence-corrected chi connectivity index (χ3v) is 4.82. The SMILES string of the molecule is O=C(O)CNCP(=O)(O)OOc1cc(SCl)ccc1SCl. The summed E-state index contributed by atoms with van der Waals surface area (Å²) < 4.78 is 16.1. The number of halogens is 2. The summed E-state index contributed by atoms with van der Waals surface area (Å²) in [5.74, 6) is -1.04. The molecular weight excluding hydrogens is 384 g/mol. The summed E-state index contributed by atoms with van der Waals surface area (Å²) in [5, 5.41) is 10.6. The van der Waals surface area contributed by atoms with E-state index >= 15 is 0 Å². The summed E-state index contributed by atoms with van der Waals surface area (Å²) in [6.07, 6.45) is -0.577. The second-order valence-electron chi connectivity index (χ2n) is 3.54. The van der Waals surface area contributed by atoms with Crippen LogP contribution in [0.2, 0.25) is 0 Å². The van der Waals surface area contributed by atoms with Crippen LogP contribution in [0.3, 0.4) is 0 Å². The average molecular weight is 394 g/mol. The number of carboxylic acid groups (broad SMARTS) is 1. The van der Waals surface area contributed by atoms with Crippen LogP contribution in [0.1, 0.15) is 0 Å². The molecule has 1 aromatic rings. The molecule has 1 aromatic carbocycles. The van der Waals surface area contributed by atoms with E-state index in [0.29, 0.717) is 9.79 Å². The Bertz CT molecular complexity index is 549. The second-order valence-corrected chi connectivity index (χ2v) is 7.42. The molecule has 1 atom stereocenters. The van der Waals surface area contributed by atoms with Crippen LogP contribution < -0.4 is 10.2 Å². The van der Waals surface area contributed by atoms with Crippen LogP contribution in [0.4, 0.5) is 0 Å². The minimum Gasteiger partial charge on any atom is -0.480 e. The van der Waals surface area contributed by atoms with Gasteiger partial charge in [0.2, 0.25) is 0 Å². The fourth-order valence-electron chi connectivity index (χ4n) is 1.09. The zero-order chi connectivity index (χ0) is 15.9. The maximum Gasteiger partial charge on any atom is 0.379 e. The minimum absolute atomic E-state index is 0.119. The molecule has 0 aliphatic carbocycles. The highest BCUT2D eigenvalue weighted by atomic mass is 35.7. The number of hydrogen-bond acceptors (Lipinski definition) is 7. The highest BCUT2D eigenvalue weighted by molar-refractivity contribution is 8.21. The summed E-state index contributed by atoms with van der Waals surface area (Å²) in [7, 11) is 8.83. The summed E-state index contributed by atoms with van der Waals surface area (Å²) in [6.45, 7) is -0.477. The zero-order valence-corrected chi connectivity index (χ0v) is 14.2. The molecule has 0 aliphatic rings. The molecule has 0 saturated carbocycles. The van der Waals surface area contributed by atoms with Gasteiger partial charge in [0.15, 0.2) is 5.75 Å². The van der Waals surface area contributed by atoms with Gasteiger partial charge in [-0.05, 0) is 55.4 Å². The summed E-state index contributed by atoms with van der Waals surface area (Å²) in [5.41, 5.74) is 0. The fourth-order valence-corrected chi connectivity index (χ4v) is 2.97. The van der Waals surface area contributed by atoms with Crippen molar-refractivity contribution in [1.29, 1.82) is 0 Å². The first-order valence-corrected chi connectivity index (χ1v) is 10.2. The Kier molecular flexibility index (Phi) is 8.22. The van der Waals surface area contributed by atoms with Gasteiger partial charge in [0.05, 0.1) is 11.4 Å². The van der Waals surface area contributed by atoms with E-state index in [1.54, 1.807) is 12.1 Å². The lowest BCUT2D eigenvalue weighted by molar-refractivity contribution is -0.135. The first-order valence-electron chi connectivity index (χ1n) is 5.20. The Morgan fingerprint density at radius 2 is 2.10 bits per heavy atom. The zero-order valence-electron chi connectivity index (χ0n) is 10.2. The highest BCUT2D eigenvalue weighted by Crippen LogP contribution is 2.43. The van der Waals surface area contributed by atoms with Crippen molar-refractivity contribution in [2.45, 2.75) is 9.79 Å². The number of carbonyl (C=O) groups is 1. The van der Waals surface area contributed by atoms with Gasteiger partial charge < -0.3 is 14.9 Å². The molecule has 3 N–H and O–H groups in total. The Hall–Kier alpha value is -0.120. The maximum atomic E-state index is 11.6. The molecule has 12 heteroatoms. The monoisotopic (exact) mass is 393 g/mol. The van der Waals surface area contributed by atoms with Crippen molar-refractivity contribution in [2.24, 2.45) is 0 Å². The molecule has 21 heavy (non-hydrogen) atoms. The van der Waals surface area contributed by atoms with Crippen LogP contribution in [0.25, 0.3) is 0 Å². The molecular formula is C9H10Cl2NO6PS2. The predicted octanol–water partition coefficient (Wildman–Crippen LogP) is 3.31. The summed E-state index contributed by atoms with van der Waals surface area (Å²) in [4.78, 5) is 25.6. The molecule has 0 spiro atoms. The van der Waals surface area contributed by atoms with E-state index in [2.05, 4.69) is 9.99 Å². The van der Waals surface area contributed by atoms with Crippen molar-refractivity contribution in [3.8, 4) is 5.75 Å². The Morgan fingerprint density at radius 3 is 2.67 bits per heavy atom. The summed E-state index contributed by atoms with van der Waals surface area (Å²) in [6, 6.07) is 4.77. The molecule has 0 radical (unpaired) electrons. The molecule has 0 fully saturated rings. The first kappa shape index (κ1) is 18.9. The van der Waals surface area contributed by atoms with E-state index in [0.717, 1.165) is 22.0 Å². The molecule has 0 amide bonds. The lowest BCUT2D eigenvalue weighted by Crippen LogP contribution is -2.24. The lowest BCUT2D eigenvalue weighted by Gasteiger charge is -2.13. The maximum absolute atomic E-state index is 11.6. The number of benzene rings is 1. The van der Waals surface area contributed by atoms with Crippen molar-refractivity contribution in [2.75, 3.05) is 12.8 Å². The highest BCUT2D eigenvalue weighted by Gasteiger charge is 2.22. The van der Waals surface area contributed by atoms with Crippen LogP contribution in [0.5, 0.6) is 5.75 Å². The predicted molar refractivity (Wildman–Crippen MR) is 81.9 cm³/mol. The third-order valence-electron chi connectivity index (χ3n) is 1.92. The van der Waals surface area contributed by atoms with Crippen LogP contribution in [0.15, 0.2) is 28.0 Å². The largest absolute Gasteiger partial charge is 0.480 e. The van der Waals surface area contributed by atoms with Crippen molar-refractivity contribution in [3.63, 3.8) is 0 Å². The van der Waals surface area contributed by atoms with Crippen LogP contribution in [-0.2, 0) is 14.0 Å². The van der Waals surface area contributed by atoms with Crippen molar-refractivity contribution in [1.82, 2.24) is 5.32 Å². The number of aliphatic carboxylic acids is 1. The van der Waals surface area contributed by atoms with Gasteiger partial charge in [0.1, 0.15) is 6.29 Å². The van der Waals surface area contributed by atoms with Gasteiger partial charge in [-0.3, -0.25) is 14.7 Å². The van der Waals surface area contributed by atoms with Crippen molar-refractivity contribution < 1.29 is 28.9 Å². The van der Waals surface area contributed by atoms with Gasteiger partial charge in [-0.25, -0.2) is 0 Å². The number of hydrogen-bond donors (Lipinski definition) is 3. The lowest BCUT2D eigenvalue weighted by atomic mass is 10.3. The topological polar surface area (TPSA) is 105 Å². The normalized spacial score (nSPS) is 13.7.